The van der Waals surface area contributed by atoms with Crippen LogP contribution in [-0.4, -0.2) is 23.4 Å². The number of ether oxygens (including phenoxy) is 2. The van der Waals surface area contributed by atoms with E-state index in [1.165, 1.54) is 30.9 Å². The van der Waals surface area contributed by atoms with Crippen molar-refractivity contribution in [1.82, 2.24) is 9.13 Å². The average molecular weight is 441 g/mol. The number of benzene rings is 3. The normalized spacial score (nSPS) is 11.0. The SMILES string of the molecule is COc1ccc(-n2c(=O)c3ccccc3n(Cc3ccc(Cl)cc3F)c2=O)cc1OC. The van der Waals surface area contributed by atoms with Gasteiger partial charge in [0.25, 0.3) is 5.56 Å². The summed E-state index contributed by atoms with van der Waals surface area (Å²) >= 11 is 5.85. The van der Waals surface area contributed by atoms with Gasteiger partial charge in [0.05, 0.1) is 37.4 Å². The van der Waals surface area contributed by atoms with Crippen molar-refractivity contribution in [3.63, 3.8) is 0 Å². The van der Waals surface area contributed by atoms with Gasteiger partial charge in [-0.3, -0.25) is 9.36 Å². The van der Waals surface area contributed by atoms with E-state index in [0.29, 0.717) is 28.1 Å². The summed E-state index contributed by atoms with van der Waals surface area (Å²) in [4.78, 5) is 26.7. The van der Waals surface area contributed by atoms with E-state index in [1.54, 1.807) is 48.5 Å². The summed E-state index contributed by atoms with van der Waals surface area (Å²) < 4.78 is 27.4. The van der Waals surface area contributed by atoms with Crippen LogP contribution in [0, 0.1) is 5.82 Å². The van der Waals surface area contributed by atoms with E-state index >= 15 is 0 Å². The highest BCUT2D eigenvalue weighted by molar-refractivity contribution is 6.30. The molecule has 6 nitrogen and oxygen atoms in total. The molecule has 8 heteroatoms. The molecule has 0 bridgehead atoms. The maximum Gasteiger partial charge on any atom is 0.336 e. The first kappa shape index (κ1) is 20.7. The molecule has 0 fully saturated rings. The number of halogens is 2. The molecule has 0 radical (unpaired) electrons. The molecule has 4 rings (SSSR count). The molecule has 1 aromatic heterocycles. The van der Waals surface area contributed by atoms with Crippen LogP contribution in [0.15, 0.2) is 70.3 Å². The monoisotopic (exact) mass is 440 g/mol. The van der Waals surface area contributed by atoms with E-state index in [4.69, 9.17) is 21.1 Å². The zero-order valence-corrected chi connectivity index (χ0v) is 17.5. The third kappa shape index (κ3) is 3.68. The van der Waals surface area contributed by atoms with Gasteiger partial charge in [0.2, 0.25) is 0 Å². The first-order chi connectivity index (χ1) is 14.9. The van der Waals surface area contributed by atoms with E-state index in [-0.39, 0.29) is 17.1 Å². The summed E-state index contributed by atoms with van der Waals surface area (Å²) in [6.07, 6.45) is 0. The fourth-order valence-corrected chi connectivity index (χ4v) is 3.64. The minimum absolute atomic E-state index is 0.0735. The van der Waals surface area contributed by atoms with Crippen molar-refractivity contribution in [2.75, 3.05) is 14.2 Å². The highest BCUT2D eigenvalue weighted by Gasteiger charge is 2.17. The molecule has 0 aliphatic carbocycles. The van der Waals surface area contributed by atoms with Crippen LogP contribution in [0.2, 0.25) is 5.02 Å². The fraction of sp³-hybridized carbons (Fsp3) is 0.130. The summed E-state index contributed by atoms with van der Waals surface area (Å²) in [6.45, 7) is -0.0735. The molecule has 0 saturated heterocycles. The third-order valence-electron chi connectivity index (χ3n) is 5.02. The topological polar surface area (TPSA) is 62.5 Å². The smallest absolute Gasteiger partial charge is 0.336 e. The zero-order chi connectivity index (χ0) is 22.1. The summed E-state index contributed by atoms with van der Waals surface area (Å²) in [5.74, 6) is 0.297. The second-order valence-electron chi connectivity index (χ2n) is 6.80. The summed E-state index contributed by atoms with van der Waals surface area (Å²) in [6, 6.07) is 15.7. The Kier molecular flexibility index (Phi) is 5.52. The van der Waals surface area contributed by atoms with Gasteiger partial charge in [-0.15, -0.1) is 0 Å². The van der Waals surface area contributed by atoms with Gasteiger partial charge in [0.15, 0.2) is 11.5 Å². The Bertz CT molecular complexity index is 1410. The second kappa shape index (κ2) is 8.28. The first-order valence-corrected chi connectivity index (χ1v) is 9.73. The molecule has 31 heavy (non-hydrogen) atoms. The van der Waals surface area contributed by atoms with Crippen molar-refractivity contribution < 1.29 is 13.9 Å². The number of aromatic nitrogens is 2. The molecule has 3 aromatic carbocycles. The van der Waals surface area contributed by atoms with Gasteiger partial charge in [-0.05, 0) is 36.4 Å². The highest BCUT2D eigenvalue weighted by atomic mass is 35.5. The second-order valence-corrected chi connectivity index (χ2v) is 7.24. The molecule has 1 heterocycles. The molecule has 0 saturated carbocycles. The lowest BCUT2D eigenvalue weighted by Gasteiger charge is -2.16. The van der Waals surface area contributed by atoms with Crippen molar-refractivity contribution in [2.24, 2.45) is 0 Å². The lowest BCUT2D eigenvalue weighted by molar-refractivity contribution is 0.355. The number of methoxy groups -OCH3 is 2. The molecule has 158 valence electrons. The van der Waals surface area contributed by atoms with Gasteiger partial charge in [-0.1, -0.05) is 29.8 Å². The highest BCUT2D eigenvalue weighted by Crippen LogP contribution is 2.28. The lowest BCUT2D eigenvalue weighted by Crippen LogP contribution is -2.39. The van der Waals surface area contributed by atoms with E-state index in [9.17, 15) is 14.0 Å². The zero-order valence-electron chi connectivity index (χ0n) is 16.8. The Morgan fingerprint density at radius 1 is 0.935 bits per heavy atom. The van der Waals surface area contributed by atoms with Crippen LogP contribution in [0.1, 0.15) is 5.56 Å². The van der Waals surface area contributed by atoms with E-state index in [0.717, 1.165) is 4.57 Å². The number of nitrogens with zero attached hydrogens (tertiary/aromatic N) is 2. The Hall–Kier alpha value is -3.58. The van der Waals surface area contributed by atoms with E-state index in [1.807, 2.05) is 0 Å². The Balaban J connectivity index is 2.00. The van der Waals surface area contributed by atoms with Crippen molar-refractivity contribution in [1.29, 1.82) is 0 Å². The fourth-order valence-electron chi connectivity index (χ4n) is 3.49. The molecule has 0 spiro atoms. The summed E-state index contributed by atoms with van der Waals surface area (Å²) in [5, 5.41) is 0.583. The molecule has 0 unspecified atom stereocenters. The largest absolute Gasteiger partial charge is 0.493 e. The van der Waals surface area contributed by atoms with Gasteiger partial charge in [0.1, 0.15) is 5.82 Å². The van der Waals surface area contributed by atoms with E-state index in [2.05, 4.69) is 0 Å². The molecule has 0 amide bonds. The van der Waals surface area contributed by atoms with Crippen LogP contribution in [0.3, 0.4) is 0 Å². The third-order valence-corrected chi connectivity index (χ3v) is 5.25. The van der Waals surface area contributed by atoms with Crippen LogP contribution in [0.25, 0.3) is 16.6 Å². The predicted molar refractivity (Wildman–Crippen MR) is 117 cm³/mol. The molecular weight excluding hydrogens is 423 g/mol. The van der Waals surface area contributed by atoms with Crippen molar-refractivity contribution in [3.05, 3.63) is 97.9 Å². The lowest BCUT2D eigenvalue weighted by atomic mass is 10.2. The predicted octanol–water partition coefficient (Wildman–Crippen LogP) is 4.01. The van der Waals surface area contributed by atoms with Crippen LogP contribution < -0.4 is 20.7 Å². The molecule has 0 atom stereocenters. The van der Waals surface area contributed by atoms with Gasteiger partial charge in [-0.2, -0.15) is 0 Å². The number of fused-ring (bicyclic) bond motifs is 1. The van der Waals surface area contributed by atoms with Crippen LogP contribution in [0.5, 0.6) is 11.5 Å². The van der Waals surface area contributed by atoms with Crippen molar-refractivity contribution >= 4 is 22.5 Å². The number of hydrogen-bond donors (Lipinski definition) is 0. The first-order valence-electron chi connectivity index (χ1n) is 9.35. The van der Waals surface area contributed by atoms with Gasteiger partial charge >= 0.3 is 5.69 Å². The molecule has 0 aliphatic rings. The molecular formula is C23H18ClFN2O4. The van der Waals surface area contributed by atoms with Crippen molar-refractivity contribution in [3.8, 4) is 17.2 Å². The molecule has 0 aliphatic heterocycles. The quantitative estimate of drug-likeness (QED) is 0.470. The number of para-hydroxylation sites is 1. The minimum atomic E-state index is -0.606. The van der Waals surface area contributed by atoms with Crippen LogP contribution in [-0.2, 0) is 6.54 Å². The summed E-state index contributed by atoms with van der Waals surface area (Å²) in [5.41, 5.74) is -0.104. The van der Waals surface area contributed by atoms with Gasteiger partial charge in [-0.25, -0.2) is 13.8 Å². The number of rotatable bonds is 5. The van der Waals surface area contributed by atoms with Crippen LogP contribution >= 0.6 is 11.6 Å². The number of hydrogen-bond acceptors (Lipinski definition) is 4. The maximum atomic E-state index is 14.5. The van der Waals surface area contributed by atoms with Crippen LogP contribution in [0.4, 0.5) is 4.39 Å². The average Bonchev–Trinajstić information content (AvgIpc) is 2.78. The van der Waals surface area contributed by atoms with Gasteiger partial charge < -0.3 is 9.47 Å². The molecule has 4 aromatic rings. The standard InChI is InChI=1S/C23H18ClFN2O4/c1-30-20-10-9-16(12-21(20)31-2)27-22(28)17-5-3-4-6-19(17)26(23(27)29)13-14-7-8-15(24)11-18(14)25/h3-12H,13H2,1-2H3. The Labute approximate surface area is 181 Å². The Morgan fingerprint density at radius 2 is 1.68 bits per heavy atom. The maximum absolute atomic E-state index is 14.5. The Morgan fingerprint density at radius 3 is 2.39 bits per heavy atom. The van der Waals surface area contributed by atoms with Crippen molar-refractivity contribution in [2.45, 2.75) is 6.54 Å². The van der Waals surface area contributed by atoms with E-state index < -0.39 is 17.1 Å². The minimum Gasteiger partial charge on any atom is -0.493 e. The van der Waals surface area contributed by atoms with Gasteiger partial charge in [0, 0.05) is 16.7 Å². The summed E-state index contributed by atoms with van der Waals surface area (Å²) in [7, 11) is 2.96. The molecule has 0 N–H and O–H groups in total.